The van der Waals surface area contributed by atoms with Gasteiger partial charge in [-0.2, -0.15) is 5.10 Å². The van der Waals surface area contributed by atoms with E-state index in [1.165, 1.54) is 12.8 Å². The van der Waals surface area contributed by atoms with Gasteiger partial charge in [-0.25, -0.2) is 4.68 Å². The smallest absolute Gasteiger partial charge is 0.119 e. The molecule has 1 heterocycles. The highest BCUT2D eigenvalue weighted by atomic mass is 16.5. The van der Waals surface area contributed by atoms with Crippen LogP contribution in [-0.2, 0) is 0 Å². The summed E-state index contributed by atoms with van der Waals surface area (Å²) >= 11 is 0. The van der Waals surface area contributed by atoms with Gasteiger partial charge in [0.15, 0.2) is 0 Å². The lowest BCUT2D eigenvalue weighted by molar-refractivity contribution is 0.201. The number of rotatable bonds is 9. The fourth-order valence-corrected chi connectivity index (χ4v) is 3.30. The molecule has 150 valence electrons. The average Bonchev–Trinajstić information content (AvgIpc) is 3.43. The third-order valence-corrected chi connectivity index (χ3v) is 5.02. The topological polar surface area (TPSA) is 83.2 Å². The highest BCUT2D eigenvalue weighted by molar-refractivity contribution is 6.03. The fraction of sp³-hybridized carbons (Fsp3) is 0.304. The van der Waals surface area contributed by atoms with E-state index in [1.54, 1.807) is 6.20 Å². The molecule has 4 rings (SSSR count). The van der Waals surface area contributed by atoms with Crippen LogP contribution >= 0.6 is 0 Å². The summed E-state index contributed by atoms with van der Waals surface area (Å²) in [4.78, 5) is 0. The molecular weight excluding hydrogens is 364 g/mol. The maximum absolute atomic E-state index is 8.89. The van der Waals surface area contributed by atoms with Gasteiger partial charge in [0.25, 0.3) is 0 Å². The van der Waals surface area contributed by atoms with Crippen LogP contribution in [0.4, 0.5) is 5.69 Å². The van der Waals surface area contributed by atoms with Crippen LogP contribution in [0.3, 0.4) is 0 Å². The highest BCUT2D eigenvalue weighted by Crippen LogP contribution is 2.32. The SMILES string of the molecule is CCC(=N)c1ccc(-c2ccnn2-c2ccc(OCCO)cc2)cc1NC1CC1. The zero-order valence-electron chi connectivity index (χ0n) is 16.6. The zero-order valence-corrected chi connectivity index (χ0v) is 16.6. The van der Waals surface area contributed by atoms with Gasteiger partial charge in [-0.05, 0) is 55.7 Å². The summed E-state index contributed by atoms with van der Waals surface area (Å²) in [6.07, 6.45) is 4.88. The molecule has 1 aliphatic carbocycles. The van der Waals surface area contributed by atoms with E-state index in [0.29, 0.717) is 18.2 Å². The van der Waals surface area contributed by atoms with Gasteiger partial charge in [0.1, 0.15) is 12.4 Å². The van der Waals surface area contributed by atoms with Gasteiger partial charge in [0.2, 0.25) is 0 Å². The monoisotopic (exact) mass is 390 g/mol. The molecule has 1 aromatic heterocycles. The summed E-state index contributed by atoms with van der Waals surface area (Å²) in [5.41, 5.74) is 5.62. The molecular formula is C23H26N4O2. The minimum atomic E-state index is -0.00618. The molecule has 0 atom stereocenters. The number of nitrogens with zero attached hydrogens (tertiary/aromatic N) is 2. The second-order valence-corrected chi connectivity index (χ2v) is 7.21. The van der Waals surface area contributed by atoms with Crippen LogP contribution in [0.25, 0.3) is 16.9 Å². The normalized spacial score (nSPS) is 13.3. The first kappa shape index (κ1) is 19.2. The van der Waals surface area contributed by atoms with Gasteiger partial charge in [0.05, 0.1) is 24.2 Å². The molecule has 3 N–H and O–H groups in total. The van der Waals surface area contributed by atoms with E-state index in [9.17, 15) is 0 Å². The van der Waals surface area contributed by atoms with E-state index in [1.807, 2.05) is 48.0 Å². The van der Waals surface area contributed by atoms with Crippen molar-refractivity contribution in [2.75, 3.05) is 18.5 Å². The molecule has 6 heteroatoms. The number of hydrogen-bond acceptors (Lipinski definition) is 5. The average molecular weight is 390 g/mol. The Labute approximate surface area is 170 Å². The molecule has 1 aliphatic rings. The standard InChI is InChI=1S/C23H26N4O2/c1-2-21(24)20-10-3-16(15-22(20)26-17-4-5-17)23-11-12-25-27(23)18-6-8-19(9-7-18)29-14-13-28/h3,6-12,15,17,24,26,28H,2,4-5,13-14H2,1H3. The van der Waals surface area contributed by atoms with E-state index in [2.05, 4.69) is 22.5 Å². The second-order valence-electron chi connectivity index (χ2n) is 7.21. The molecule has 0 spiro atoms. The maximum Gasteiger partial charge on any atom is 0.119 e. The first-order valence-corrected chi connectivity index (χ1v) is 10.1. The molecule has 0 aliphatic heterocycles. The lowest BCUT2D eigenvalue weighted by Crippen LogP contribution is -2.08. The predicted molar refractivity (Wildman–Crippen MR) is 115 cm³/mol. The minimum Gasteiger partial charge on any atom is -0.491 e. The van der Waals surface area contributed by atoms with Crippen molar-refractivity contribution in [2.45, 2.75) is 32.2 Å². The third kappa shape index (κ3) is 4.32. The van der Waals surface area contributed by atoms with Gasteiger partial charge < -0.3 is 20.6 Å². The van der Waals surface area contributed by atoms with Crippen LogP contribution in [0, 0.1) is 5.41 Å². The molecule has 0 bridgehead atoms. The first-order chi connectivity index (χ1) is 14.2. The van der Waals surface area contributed by atoms with E-state index in [4.69, 9.17) is 15.3 Å². The van der Waals surface area contributed by atoms with Crippen LogP contribution in [0.5, 0.6) is 5.75 Å². The molecule has 1 fully saturated rings. The molecule has 6 nitrogen and oxygen atoms in total. The van der Waals surface area contributed by atoms with Crippen molar-refractivity contribution < 1.29 is 9.84 Å². The van der Waals surface area contributed by atoms with Crippen molar-refractivity contribution in [3.05, 3.63) is 60.3 Å². The maximum atomic E-state index is 8.89. The Balaban J connectivity index is 1.66. The molecule has 3 aromatic rings. The van der Waals surface area contributed by atoms with Crippen LogP contribution in [0.2, 0.25) is 0 Å². The van der Waals surface area contributed by atoms with E-state index >= 15 is 0 Å². The van der Waals surface area contributed by atoms with Gasteiger partial charge in [-0.15, -0.1) is 0 Å². The Morgan fingerprint density at radius 2 is 2.00 bits per heavy atom. The van der Waals surface area contributed by atoms with Crippen molar-refractivity contribution in [3.8, 4) is 22.7 Å². The van der Waals surface area contributed by atoms with Crippen LogP contribution in [-0.4, -0.2) is 39.9 Å². The molecule has 0 amide bonds. The third-order valence-electron chi connectivity index (χ3n) is 5.02. The largest absolute Gasteiger partial charge is 0.491 e. The Bertz CT molecular complexity index is 990. The second kappa shape index (κ2) is 8.49. The summed E-state index contributed by atoms with van der Waals surface area (Å²) in [6, 6.07) is 16.4. The van der Waals surface area contributed by atoms with Crippen molar-refractivity contribution in [1.29, 1.82) is 5.41 Å². The number of nitrogens with one attached hydrogen (secondary N) is 2. The number of anilines is 1. The van der Waals surface area contributed by atoms with Crippen molar-refractivity contribution in [2.24, 2.45) is 0 Å². The van der Waals surface area contributed by atoms with Crippen molar-refractivity contribution in [1.82, 2.24) is 9.78 Å². The molecule has 2 aromatic carbocycles. The van der Waals surface area contributed by atoms with Gasteiger partial charge in [-0.3, -0.25) is 0 Å². The van der Waals surface area contributed by atoms with Crippen molar-refractivity contribution >= 4 is 11.4 Å². The Morgan fingerprint density at radius 3 is 2.69 bits per heavy atom. The Morgan fingerprint density at radius 1 is 1.21 bits per heavy atom. The predicted octanol–water partition coefficient (Wildman–Crippen LogP) is 4.26. The number of benzene rings is 2. The van der Waals surface area contributed by atoms with Gasteiger partial charge in [0, 0.05) is 28.6 Å². The summed E-state index contributed by atoms with van der Waals surface area (Å²) in [5.74, 6) is 0.717. The van der Waals surface area contributed by atoms with Crippen LogP contribution < -0.4 is 10.1 Å². The number of hydrogen-bond donors (Lipinski definition) is 3. The minimum absolute atomic E-state index is 0.00618. The Hall–Kier alpha value is -3.12. The summed E-state index contributed by atoms with van der Waals surface area (Å²) in [7, 11) is 0. The van der Waals surface area contributed by atoms with E-state index in [0.717, 1.165) is 33.9 Å². The summed E-state index contributed by atoms with van der Waals surface area (Å²) in [5, 5.41) is 25.3. The quantitative estimate of drug-likeness (QED) is 0.477. The molecule has 0 unspecified atom stereocenters. The molecule has 29 heavy (non-hydrogen) atoms. The zero-order chi connectivity index (χ0) is 20.2. The number of ether oxygens (including phenoxy) is 1. The molecule has 0 saturated heterocycles. The molecule has 0 radical (unpaired) electrons. The lowest BCUT2D eigenvalue weighted by atomic mass is 10.0. The summed E-state index contributed by atoms with van der Waals surface area (Å²) < 4.78 is 7.34. The number of aliphatic hydroxyl groups excluding tert-OH is 1. The van der Waals surface area contributed by atoms with E-state index < -0.39 is 0 Å². The fourth-order valence-electron chi connectivity index (χ4n) is 3.30. The Kier molecular flexibility index (Phi) is 5.62. The number of aliphatic hydroxyl groups is 1. The summed E-state index contributed by atoms with van der Waals surface area (Å²) in [6.45, 7) is 2.29. The highest BCUT2D eigenvalue weighted by Gasteiger charge is 2.23. The van der Waals surface area contributed by atoms with E-state index in [-0.39, 0.29) is 13.2 Å². The van der Waals surface area contributed by atoms with Crippen molar-refractivity contribution in [3.63, 3.8) is 0 Å². The van der Waals surface area contributed by atoms with Crippen LogP contribution in [0.15, 0.2) is 54.7 Å². The van der Waals surface area contributed by atoms with Crippen LogP contribution in [0.1, 0.15) is 31.7 Å². The van der Waals surface area contributed by atoms with Gasteiger partial charge in [-0.1, -0.05) is 19.1 Å². The first-order valence-electron chi connectivity index (χ1n) is 10.1. The lowest BCUT2D eigenvalue weighted by Gasteiger charge is -2.15. The number of aromatic nitrogens is 2. The molecule has 1 saturated carbocycles. The van der Waals surface area contributed by atoms with Gasteiger partial charge >= 0.3 is 0 Å².